The summed E-state index contributed by atoms with van der Waals surface area (Å²) >= 11 is 3.07. The average molecular weight is 428 g/mol. The van der Waals surface area contributed by atoms with Crippen molar-refractivity contribution >= 4 is 41.3 Å². The Morgan fingerprint density at radius 3 is 2.86 bits per heavy atom. The zero-order chi connectivity index (χ0) is 20.5. The molecule has 0 bridgehead atoms. The standard InChI is InChI=1S/C21H18FN3O2S2/c1-13-20(21-24(2)16-10-14(22)7-8-17(16)28-21)29-18(25(13)12-19(26)27-3)11-15-6-4-5-9-23-15/h4-11H,1,12H2,2-3H3/b18-11-,21-20+. The van der Waals surface area contributed by atoms with E-state index in [0.717, 1.165) is 31.2 Å². The molecule has 0 saturated carbocycles. The molecule has 0 spiro atoms. The number of benzene rings is 1. The molecular weight excluding hydrogens is 409 g/mol. The summed E-state index contributed by atoms with van der Waals surface area (Å²) in [6.45, 7) is 4.27. The molecule has 1 aromatic carbocycles. The predicted molar refractivity (Wildman–Crippen MR) is 115 cm³/mol. The van der Waals surface area contributed by atoms with Crippen molar-refractivity contribution in [2.24, 2.45) is 0 Å². The van der Waals surface area contributed by atoms with Crippen molar-refractivity contribution in [3.8, 4) is 0 Å². The van der Waals surface area contributed by atoms with Crippen LogP contribution in [-0.4, -0.2) is 36.6 Å². The van der Waals surface area contributed by atoms with Gasteiger partial charge >= 0.3 is 5.97 Å². The largest absolute Gasteiger partial charge is 0.468 e. The van der Waals surface area contributed by atoms with Gasteiger partial charge < -0.3 is 14.5 Å². The Hall–Kier alpha value is -2.71. The van der Waals surface area contributed by atoms with E-state index in [4.69, 9.17) is 4.74 Å². The number of carbonyl (C=O) groups is 1. The predicted octanol–water partition coefficient (Wildman–Crippen LogP) is 4.67. The minimum atomic E-state index is -0.359. The monoisotopic (exact) mass is 427 g/mol. The Kier molecular flexibility index (Phi) is 5.38. The van der Waals surface area contributed by atoms with Crippen LogP contribution >= 0.6 is 23.5 Å². The van der Waals surface area contributed by atoms with Crippen molar-refractivity contribution in [2.45, 2.75) is 4.90 Å². The summed E-state index contributed by atoms with van der Waals surface area (Å²) in [5.41, 5.74) is 2.29. The number of rotatable bonds is 3. The number of esters is 1. The maximum Gasteiger partial charge on any atom is 0.325 e. The first-order chi connectivity index (χ1) is 14.0. The van der Waals surface area contributed by atoms with Gasteiger partial charge in [-0.3, -0.25) is 9.78 Å². The van der Waals surface area contributed by atoms with Crippen LogP contribution in [0.2, 0.25) is 0 Å². The van der Waals surface area contributed by atoms with Gasteiger partial charge in [-0.2, -0.15) is 0 Å². The summed E-state index contributed by atoms with van der Waals surface area (Å²) in [4.78, 5) is 22.0. The van der Waals surface area contributed by atoms with E-state index in [1.54, 1.807) is 24.0 Å². The van der Waals surface area contributed by atoms with Crippen LogP contribution in [0, 0.1) is 5.82 Å². The molecule has 0 unspecified atom stereocenters. The molecule has 0 atom stereocenters. The second-order valence-corrected chi connectivity index (χ2v) is 8.42. The van der Waals surface area contributed by atoms with Crippen molar-refractivity contribution < 1.29 is 13.9 Å². The maximum absolute atomic E-state index is 13.7. The van der Waals surface area contributed by atoms with Crippen LogP contribution in [0.5, 0.6) is 0 Å². The van der Waals surface area contributed by atoms with Gasteiger partial charge in [-0.1, -0.05) is 36.2 Å². The number of aromatic nitrogens is 1. The smallest absolute Gasteiger partial charge is 0.325 e. The molecule has 2 aliphatic rings. The molecule has 1 fully saturated rings. The zero-order valence-electron chi connectivity index (χ0n) is 15.9. The Labute approximate surface area is 176 Å². The molecule has 2 aliphatic heterocycles. The number of fused-ring (bicyclic) bond motifs is 1. The van der Waals surface area contributed by atoms with E-state index >= 15 is 0 Å². The summed E-state index contributed by atoms with van der Waals surface area (Å²) in [5, 5.41) is 1.78. The molecule has 0 N–H and O–H groups in total. The van der Waals surface area contributed by atoms with Gasteiger partial charge in [0.15, 0.2) is 0 Å². The third kappa shape index (κ3) is 3.77. The molecule has 29 heavy (non-hydrogen) atoms. The minimum absolute atomic E-state index is 0.0493. The van der Waals surface area contributed by atoms with Crippen LogP contribution in [0.1, 0.15) is 5.69 Å². The molecule has 148 valence electrons. The first-order valence-corrected chi connectivity index (χ1v) is 10.4. The number of hydrogen-bond donors (Lipinski definition) is 0. The van der Waals surface area contributed by atoms with Crippen molar-refractivity contribution in [1.82, 2.24) is 9.88 Å². The van der Waals surface area contributed by atoms with Gasteiger partial charge in [-0.15, -0.1) is 0 Å². The molecule has 5 nitrogen and oxygen atoms in total. The molecule has 2 aromatic rings. The van der Waals surface area contributed by atoms with Crippen LogP contribution in [0.4, 0.5) is 10.1 Å². The highest BCUT2D eigenvalue weighted by Gasteiger charge is 2.35. The van der Waals surface area contributed by atoms with E-state index < -0.39 is 0 Å². The van der Waals surface area contributed by atoms with Gasteiger partial charge in [-0.25, -0.2) is 4.39 Å². The van der Waals surface area contributed by atoms with Gasteiger partial charge in [0.25, 0.3) is 0 Å². The SMILES string of the molecule is C=C1/C(=C2\Sc3ccc(F)cc3N2C)S/C(=C\c2ccccn2)N1CC(=O)OC. The highest BCUT2D eigenvalue weighted by Crippen LogP contribution is 2.54. The molecule has 8 heteroatoms. The summed E-state index contributed by atoms with van der Waals surface area (Å²) in [6.07, 6.45) is 3.63. The summed E-state index contributed by atoms with van der Waals surface area (Å²) < 4.78 is 18.6. The lowest BCUT2D eigenvalue weighted by atomic mass is 10.3. The molecule has 4 rings (SSSR count). The normalized spacial score (nSPS) is 19.8. The quantitative estimate of drug-likeness (QED) is 0.660. The van der Waals surface area contributed by atoms with Crippen LogP contribution in [0.3, 0.4) is 0 Å². The molecule has 3 heterocycles. The highest BCUT2D eigenvalue weighted by molar-refractivity contribution is 8.09. The van der Waals surface area contributed by atoms with Crippen LogP contribution in [0.25, 0.3) is 6.08 Å². The van der Waals surface area contributed by atoms with Crippen LogP contribution < -0.4 is 4.90 Å². The summed E-state index contributed by atoms with van der Waals surface area (Å²) in [7, 11) is 3.27. The average Bonchev–Trinajstić information content (AvgIpc) is 3.20. The second kappa shape index (κ2) is 7.96. The van der Waals surface area contributed by atoms with E-state index in [9.17, 15) is 9.18 Å². The van der Waals surface area contributed by atoms with Crippen molar-refractivity contribution in [3.63, 3.8) is 0 Å². The number of anilines is 1. The molecule has 1 aromatic heterocycles. The van der Waals surface area contributed by atoms with Gasteiger partial charge in [0.05, 0.1) is 39.2 Å². The van der Waals surface area contributed by atoms with E-state index in [1.807, 2.05) is 41.1 Å². The number of nitrogens with zero attached hydrogens (tertiary/aromatic N) is 3. The van der Waals surface area contributed by atoms with Gasteiger partial charge in [0.1, 0.15) is 12.4 Å². The number of thioether (sulfide) groups is 2. The number of halogens is 1. The Bertz CT molecular complexity index is 1050. The first-order valence-electron chi connectivity index (χ1n) is 8.77. The molecular formula is C21H18FN3O2S2. The maximum atomic E-state index is 13.7. The van der Waals surface area contributed by atoms with E-state index in [2.05, 4.69) is 11.6 Å². The lowest BCUT2D eigenvalue weighted by Crippen LogP contribution is -2.25. The Morgan fingerprint density at radius 2 is 2.14 bits per heavy atom. The van der Waals surface area contributed by atoms with Crippen molar-refractivity contribution in [2.75, 3.05) is 25.6 Å². The second-order valence-electron chi connectivity index (χ2n) is 6.36. The Morgan fingerprint density at radius 1 is 1.31 bits per heavy atom. The minimum Gasteiger partial charge on any atom is -0.468 e. The third-order valence-corrected chi connectivity index (χ3v) is 7.07. The molecule has 0 amide bonds. The van der Waals surface area contributed by atoms with E-state index in [1.165, 1.54) is 31.0 Å². The lowest BCUT2D eigenvalue weighted by Gasteiger charge is -2.19. The van der Waals surface area contributed by atoms with Gasteiger partial charge in [-0.05, 0) is 36.4 Å². The number of carbonyl (C=O) groups excluding carboxylic acids is 1. The topological polar surface area (TPSA) is 45.7 Å². The van der Waals surface area contributed by atoms with E-state index in [0.29, 0.717) is 5.70 Å². The highest BCUT2D eigenvalue weighted by atomic mass is 32.2. The molecule has 0 aliphatic carbocycles. The van der Waals surface area contributed by atoms with Crippen molar-refractivity contribution in [1.29, 1.82) is 0 Å². The van der Waals surface area contributed by atoms with E-state index in [-0.39, 0.29) is 18.3 Å². The number of pyridine rings is 1. The van der Waals surface area contributed by atoms with Gasteiger partial charge in [0.2, 0.25) is 0 Å². The molecule has 0 radical (unpaired) electrons. The third-order valence-electron chi connectivity index (χ3n) is 4.52. The fourth-order valence-electron chi connectivity index (χ4n) is 3.02. The first kappa shape index (κ1) is 19.6. The van der Waals surface area contributed by atoms with Crippen LogP contribution in [0.15, 0.2) is 74.7 Å². The zero-order valence-corrected chi connectivity index (χ0v) is 17.5. The number of methoxy groups -OCH3 is 1. The number of ether oxygens (including phenoxy) is 1. The number of hydrogen-bond acceptors (Lipinski definition) is 7. The van der Waals surface area contributed by atoms with Gasteiger partial charge in [0, 0.05) is 18.1 Å². The molecule has 1 saturated heterocycles. The Balaban J connectivity index is 1.74. The van der Waals surface area contributed by atoms with Crippen LogP contribution in [-0.2, 0) is 9.53 Å². The fourth-order valence-corrected chi connectivity index (χ4v) is 5.49. The lowest BCUT2D eigenvalue weighted by molar-refractivity contribution is -0.140. The fraction of sp³-hybridized carbons (Fsp3) is 0.143. The summed E-state index contributed by atoms with van der Waals surface area (Å²) in [6, 6.07) is 10.4. The van der Waals surface area contributed by atoms with Crippen molar-refractivity contribution in [3.05, 3.63) is 81.3 Å². The summed E-state index contributed by atoms with van der Waals surface area (Å²) in [5.74, 6) is -0.633.